The highest BCUT2D eigenvalue weighted by Gasteiger charge is 2.28. The largest absolute Gasteiger partial charge is 0.332 e. The zero-order valence-electron chi connectivity index (χ0n) is 14.7. The minimum atomic E-state index is -0.284. The molecule has 1 aromatic heterocycles. The van der Waals surface area contributed by atoms with E-state index in [1.807, 2.05) is 30.9 Å². The third-order valence-electron chi connectivity index (χ3n) is 4.08. The monoisotopic (exact) mass is 396 g/mol. The van der Waals surface area contributed by atoms with Crippen LogP contribution in [-0.4, -0.2) is 46.2 Å². The molecule has 1 atom stereocenters. The Morgan fingerprint density at radius 3 is 2.73 bits per heavy atom. The van der Waals surface area contributed by atoms with Crippen LogP contribution in [0.3, 0.4) is 0 Å². The molecule has 0 radical (unpaired) electrons. The van der Waals surface area contributed by atoms with Gasteiger partial charge in [0.25, 0.3) is 0 Å². The highest BCUT2D eigenvalue weighted by Crippen LogP contribution is 2.24. The lowest BCUT2D eigenvalue weighted by Gasteiger charge is -2.36. The maximum Gasteiger partial charge on any atom is 0.233 e. The molecule has 2 heterocycles. The van der Waals surface area contributed by atoms with Crippen molar-refractivity contribution < 1.29 is 9.18 Å². The summed E-state index contributed by atoms with van der Waals surface area (Å²) in [6, 6.07) is 8.21. The summed E-state index contributed by atoms with van der Waals surface area (Å²) >= 11 is 1.34. The van der Waals surface area contributed by atoms with Crippen molar-refractivity contribution in [1.82, 2.24) is 20.2 Å². The molecule has 1 aliphatic rings. The number of hydrogen-bond acceptors (Lipinski definition) is 5. The molecule has 1 amide bonds. The summed E-state index contributed by atoms with van der Waals surface area (Å²) in [6.45, 7) is 5.80. The number of thioether (sulfide) groups is 1. The van der Waals surface area contributed by atoms with E-state index in [0.717, 1.165) is 23.5 Å². The number of nitrogens with one attached hydrogen (secondary N) is 1. The van der Waals surface area contributed by atoms with E-state index in [2.05, 4.69) is 15.3 Å². The molecule has 1 fully saturated rings. The zero-order valence-corrected chi connectivity index (χ0v) is 16.4. The Hall–Kier alpha value is -1.70. The number of nitrogens with zero attached hydrogens (tertiary/aromatic N) is 3. The summed E-state index contributed by atoms with van der Waals surface area (Å²) in [6.07, 6.45) is 0. The number of carbonyl (C=O) groups is 1. The number of aryl methyl sites for hydroxylation is 2. The molecule has 1 aliphatic heterocycles. The summed E-state index contributed by atoms with van der Waals surface area (Å²) in [4.78, 5) is 23.3. The average molecular weight is 397 g/mol. The maximum absolute atomic E-state index is 13.6. The minimum Gasteiger partial charge on any atom is -0.332 e. The first-order valence-corrected chi connectivity index (χ1v) is 9.22. The maximum atomic E-state index is 13.6. The lowest BCUT2D eigenvalue weighted by molar-refractivity contribution is -0.131. The molecule has 8 heteroatoms. The van der Waals surface area contributed by atoms with Gasteiger partial charge in [-0.25, -0.2) is 14.4 Å². The normalized spacial score (nSPS) is 16.9. The van der Waals surface area contributed by atoms with Crippen LogP contribution in [0.25, 0.3) is 0 Å². The number of piperazine rings is 1. The molecule has 0 saturated carbocycles. The number of amides is 1. The SMILES string of the molecule is Cc1cc(C)nc(SCC(=O)N2CCNCC2c2cccc(F)c2)n1.Cl. The van der Waals surface area contributed by atoms with E-state index in [-0.39, 0.29) is 35.9 Å². The van der Waals surface area contributed by atoms with E-state index in [1.165, 1.54) is 23.9 Å². The molecule has 0 bridgehead atoms. The highest BCUT2D eigenvalue weighted by atomic mass is 35.5. The summed E-state index contributed by atoms with van der Waals surface area (Å²) in [5.74, 6) is 0.00587. The van der Waals surface area contributed by atoms with Crippen LogP contribution in [0.1, 0.15) is 23.0 Å². The van der Waals surface area contributed by atoms with E-state index < -0.39 is 0 Å². The van der Waals surface area contributed by atoms with Gasteiger partial charge in [-0.3, -0.25) is 4.79 Å². The van der Waals surface area contributed by atoms with Crippen LogP contribution in [0.2, 0.25) is 0 Å². The molecule has 1 N–H and O–H groups in total. The van der Waals surface area contributed by atoms with Crippen LogP contribution in [-0.2, 0) is 4.79 Å². The second kappa shape index (κ2) is 9.30. The Labute approximate surface area is 163 Å². The molecular weight excluding hydrogens is 375 g/mol. The second-order valence-corrected chi connectivity index (χ2v) is 7.03. The summed E-state index contributed by atoms with van der Waals surface area (Å²) < 4.78 is 13.6. The molecule has 3 rings (SSSR count). The molecule has 2 aromatic rings. The van der Waals surface area contributed by atoms with E-state index in [4.69, 9.17) is 0 Å². The third kappa shape index (κ3) is 5.16. The Balaban J connectivity index is 0.00000243. The standard InChI is InChI=1S/C18H21FN4OS.ClH/c1-12-8-13(2)22-18(21-12)25-11-17(24)23-7-6-20-10-16(23)14-4-3-5-15(19)9-14;/h3-5,8-9,16,20H,6-7,10-11H2,1-2H3;1H. The third-order valence-corrected chi connectivity index (χ3v) is 4.92. The molecular formula is C18H22ClFN4OS. The van der Waals surface area contributed by atoms with Gasteiger partial charge in [0.15, 0.2) is 5.16 Å². The van der Waals surface area contributed by atoms with Gasteiger partial charge in [0.1, 0.15) is 5.82 Å². The van der Waals surface area contributed by atoms with Crippen molar-refractivity contribution in [3.63, 3.8) is 0 Å². The van der Waals surface area contributed by atoms with Gasteiger partial charge in [0.2, 0.25) is 5.91 Å². The van der Waals surface area contributed by atoms with Crippen LogP contribution in [0.15, 0.2) is 35.5 Å². The number of aromatic nitrogens is 2. The fraction of sp³-hybridized carbons (Fsp3) is 0.389. The van der Waals surface area contributed by atoms with Gasteiger partial charge >= 0.3 is 0 Å². The molecule has 5 nitrogen and oxygen atoms in total. The first-order chi connectivity index (χ1) is 12.0. The number of carbonyl (C=O) groups excluding carboxylic acids is 1. The van der Waals surface area contributed by atoms with Crippen LogP contribution in [0.5, 0.6) is 0 Å². The second-order valence-electron chi connectivity index (χ2n) is 6.08. The van der Waals surface area contributed by atoms with Gasteiger partial charge in [0.05, 0.1) is 11.8 Å². The van der Waals surface area contributed by atoms with Gasteiger partial charge in [-0.05, 0) is 37.6 Å². The first-order valence-electron chi connectivity index (χ1n) is 8.23. The van der Waals surface area contributed by atoms with E-state index in [1.54, 1.807) is 6.07 Å². The number of benzene rings is 1. The summed E-state index contributed by atoms with van der Waals surface area (Å²) in [7, 11) is 0. The van der Waals surface area contributed by atoms with Crippen LogP contribution < -0.4 is 5.32 Å². The van der Waals surface area contributed by atoms with E-state index in [9.17, 15) is 9.18 Å². The average Bonchev–Trinajstić information content (AvgIpc) is 2.59. The molecule has 0 spiro atoms. The van der Waals surface area contributed by atoms with Crippen molar-refractivity contribution in [2.45, 2.75) is 25.0 Å². The number of hydrogen-bond donors (Lipinski definition) is 1. The van der Waals surface area contributed by atoms with Crippen LogP contribution >= 0.6 is 24.2 Å². The Morgan fingerprint density at radius 1 is 1.31 bits per heavy atom. The quantitative estimate of drug-likeness (QED) is 0.636. The summed E-state index contributed by atoms with van der Waals surface area (Å²) in [5.41, 5.74) is 2.60. The van der Waals surface area contributed by atoms with Gasteiger partial charge in [-0.2, -0.15) is 0 Å². The molecule has 140 valence electrons. The molecule has 1 unspecified atom stereocenters. The Morgan fingerprint density at radius 2 is 2.04 bits per heavy atom. The lowest BCUT2D eigenvalue weighted by Crippen LogP contribution is -2.49. The Kier molecular flexibility index (Phi) is 7.37. The van der Waals surface area contributed by atoms with E-state index >= 15 is 0 Å². The fourth-order valence-corrected chi connectivity index (χ4v) is 3.82. The smallest absolute Gasteiger partial charge is 0.233 e. The topological polar surface area (TPSA) is 58.1 Å². The van der Waals surface area contributed by atoms with E-state index in [0.29, 0.717) is 18.2 Å². The predicted molar refractivity (Wildman–Crippen MR) is 103 cm³/mol. The van der Waals surface area contributed by atoms with Crippen LogP contribution in [0.4, 0.5) is 4.39 Å². The number of rotatable bonds is 4. The zero-order chi connectivity index (χ0) is 17.8. The number of halogens is 2. The predicted octanol–water partition coefficient (Wildman–Crippen LogP) is 2.92. The Bertz CT molecular complexity index is 756. The molecule has 1 aromatic carbocycles. The lowest BCUT2D eigenvalue weighted by atomic mass is 10.0. The summed E-state index contributed by atoms with van der Waals surface area (Å²) in [5, 5.41) is 3.89. The molecule has 26 heavy (non-hydrogen) atoms. The molecule has 0 aliphatic carbocycles. The highest BCUT2D eigenvalue weighted by molar-refractivity contribution is 7.99. The van der Waals surface area contributed by atoms with Crippen LogP contribution in [0, 0.1) is 19.7 Å². The van der Waals surface area contributed by atoms with Crippen molar-refractivity contribution in [3.05, 3.63) is 53.1 Å². The fourth-order valence-electron chi connectivity index (χ4n) is 2.98. The van der Waals surface area contributed by atoms with Crippen molar-refractivity contribution in [2.75, 3.05) is 25.4 Å². The van der Waals surface area contributed by atoms with Crippen molar-refractivity contribution in [3.8, 4) is 0 Å². The van der Waals surface area contributed by atoms with Crippen molar-refractivity contribution >= 4 is 30.1 Å². The van der Waals surface area contributed by atoms with Gasteiger partial charge in [0, 0.05) is 31.0 Å². The van der Waals surface area contributed by atoms with Crippen molar-refractivity contribution in [1.29, 1.82) is 0 Å². The minimum absolute atomic E-state index is 0. The van der Waals surface area contributed by atoms with Gasteiger partial charge in [-0.15, -0.1) is 12.4 Å². The first kappa shape index (κ1) is 20.6. The van der Waals surface area contributed by atoms with Gasteiger partial charge in [-0.1, -0.05) is 23.9 Å². The molecule has 1 saturated heterocycles. The van der Waals surface area contributed by atoms with Gasteiger partial charge < -0.3 is 10.2 Å². The van der Waals surface area contributed by atoms with Crippen molar-refractivity contribution in [2.24, 2.45) is 0 Å².